The van der Waals surface area contributed by atoms with Crippen LogP contribution >= 0.6 is 36.2 Å². The van der Waals surface area contributed by atoms with E-state index < -0.39 is 0 Å². The number of hydrogen-bond donors (Lipinski definition) is 1. The predicted molar refractivity (Wildman–Crippen MR) is 74.8 cm³/mol. The maximum atomic E-state index is 5.47. The Hall–Kier alpha value is -0.610. The molecule has 0 aliphatic heterocycles. The summed E-state index contributed by atoms with van der Waals surface area (Å²) in [7, 11) is 0. The molecule has 88 valence electrons. The van der Waals surface area contributed by atoms with Gasteiger partial charge in [-0.25, -0.2) is 4.98 Å². The van der Waals surface area contributed by atoms with E-state index in [1.807, 2.05) is 18.2 Å². The first-order valence-electron chi connectivity index (χ1n) is 4.60. The van der Waals surface area contributed by atoms with Gasteiger partial charge in [0.25, 0.3) is 0 Å². The van der Waals surface area contributed by atoms with E-state index in [0.717, 1.165) is 17.1 Å². The molecule has 2 aromatic rings. The molecule has 0 atom stereocenters. The molecule has 2 nitrogen and oxygen atoms in total. The van der Waals surface area contributed by atoms with Crippen molar-refractivity contribution in [3.63, 3.8) is 0 Å². The van der Waals surface area contributed by atoms with E-state index in [1.54, 1.807) is 11.3 Å². The summed E-state index contributed by atoms with van der Waals surface area (Å²) in [5.74, 6) is 0. The maximum absolute atomic E-state index is 5.47. The lowest BCUT2D eigenvalue weighted by atomic mass is 10.2. The lowest BCUT2D eigenvalue weighted by Crippen LogP contribution is -2.02. The molecule has 0 fully saturated rings. The van der Waals surface area contributed by atoms with Crippen LogP contribution in [0.4, 0.5) is 0 Å². The van der Waals surface area contributed by atoms with Crippen molar-refractivity contribution in [3.8, 4) is 10.6 Å². The number of rotatable bonds is 3. The van der Waals surface area contributed by atoms with E-state index in [1.165, 1.54) is 5.56 Å². The third-order valence-corrected chi connectivity index (χ3v) is 2.91. The van der Waals surface area contributed by atoms with Crippen molar-refractivity contribution >= 4 is 36.2 Å². The van der Waals surface area contributed by atoms with Gasteiger partial charge >= 0.3 is 0 Å². The van der Waals surface area contributed by atoms with Gasteiger partial charge in [0.1, 0.15) is 5.01 Å². The average molecular weight is 277 g/mol. The molecule has 0 unspecified atom stereocenters. The Labute approximate surface area is 112 Å². The molecule has 1 aromatic heterocycles. The Morgan fingerprint density at radius 3 is 2.44 bits per heavy atom. The monoisotopic (exact) mass is 276 g/mol. The maximum Gasteiger partial charge on any atom is 0.123 e. The smallest absolute Gasteiger partial charge is 0.123 e. The lowest BCUT2D eigenvalue weighted by molar-refractivity contribution is 0.936. The summed E-state index contributed by atoms with van der Waals surface area (Å²) in [5.41, 5.74) is 7.75. The van der Waals surface area contributed by atoms with Gasteiger partial charge in [-0.2, -0.15) is 0 Å². The zero-order chi connectivity index (χ0) is 9.80. The molecule has 0 amide bonds. The second-order valence-electron chi connectivity index (χ2n) is 3.05. The first-order valence-corrected chi connectivity index (χ1v) is 5.48. The lowest BCUT2D eigenvalue weighted by Gasteiger charge is -1.93. The van der Waals surface area contributed by atoms with Gasteiger partial charge in [0.05, 0.1) is 5.69 Å². The SMILES string of the molecule is Cl.Cl.NCCc1csc(-c2ccccc2)n1. The second kappa shape index (κ2) is 7.63. The quantitative estimate of drug-likeness (QED) is 0.936. The van der Waals surface area contributed by atoms with Gasteiger partial charge < -0.3 is 5.73 Å². The Kier molecular flexibility index (Phi) is 7.34. The van der Waals surface area contributed by atoms with Crippen LogP contribution in [0.1, 0.15) is 5.69 Å². The van der Waals surface area contributed by atoms with Gasteiger partial charge in [0.15, 0.2) is 0 Å². The minimum atomic E-state index is 0. The highest BCUT2D eigenvalue weighted by Gasteiger charge is 2.02. The van der Waals surface area contributed by atoms with Crippen molar-refractivity contribution in [1.29, 1.82) is 0 Å². The zero-order valence-electron chi connectivity index (χ0n) is 8.63. The molecule has 0 saturated heterocycles. The number of nitrogens with two attached hydrogens (primary N) is 1. The van der Waals surface area contributed by atoms with Gasteiger partial charge in [-0.3, -0.25) is 0 Å². The first kappa shape index (κ1) is 15.4. The van der Waals surface area contributed by atoms with Crippen LogP contribution in [-0.2, 0) is 6.42 Å². The number of aromatic nitrogens is 1. The van der Waals surface area contributed by atoms with E-state index in [2.05, 4.69) is 22.5 Å². The Morgan fingerprint density at radius 2 is 1.81 bits per heavy atom. The van der Waals surface area contributed by atoms with Crippen LogP contribution in [0.2, 0.25) is 0 Å². The minimum absolute atomic E-state index is 0. The molecule has 2 rings (SSSR count). The van der Waals surface area contributed by atoms with E-state index in [4.69, 9.17) is 5.73 Å². The van der Waals surface area contributed by atoms with Crippen LogP contribution in [0.25, 0.3) is 10.6 Å². The summed E-state index contributed by atoms with van der Waals surface area (Å²) < 4.78 is 0. The number of hydrogen-bond acceptors (Lipinski definition) is 3. The highest BCUT2D eigenvalue weighted by molar-refractivity contribution is 7.13. The van der Waals surface area contributed by atoms with Crippen LogP contribution in [-0.4, -0.2) is 11.5 Å². The molecule has 2 N–H and O–H groups in total. The largest absolute Gasteiger partial charge is 0.330 e. The van der Waals surface area contributed by atoms with Gasteiger partial charge in [-0.05, 0) is 6.54 Å². The number of thiazole rings is 1. The van der Waals surface area contributed by atoms with Crippen molar-refractivity contribution in [2.75, 3.05) is 6.54 Å². The molecule has 0 bridgehead atoms. The van der Waals surface area contributed by atoms with Crippen LogP contribution in [0.3, 0.4) is 0 Å². The molecular formula is C11H14Cl2N2S. The molecule has 5 heteroatoms. The molecule has 1 aromatic carbocycles. The van der Waals surface area contributed by atoms with Gasteiger partial charge in [0.2, 0.25) is 0 Å². The molecule has 16 heavy (non-hydrogen) atoms. The fourth-order valence-electron chi connectivity index (χ4n) is 1.28. The molecule has 0 radical (unpaired) electrons. The van der Waals surface area contributed by atoms with Crippen LogP contribution in [0.15, 0.2) is 35.7 Å². The second-order valence-corrected chi connectivity index (χ2v) is 3.91. The minimum Gasteiger partial charge on any atom is -0.330 e. The van der Waals surface area contributed by atoms with E-state index in [0.29, 0.717) is 6.54 Å². The van der Waals surface area contributed by atoms with Crippen LogP contribution < -0.4 is 5.73 Å². The Bertz CT molecular complexity index is 403. The van der Waals surface area contributed by atoms with Crippen molar-refractivity contribution < 1.29 is 0 Å². The highest BCUT2D eigenvalue weighted by atomic mass is 35.5. The third-order valence-electron chi connectivity index (χ3n) is 1.97. The zero-order valence-corrected chi connectivity index (χ0v) is 11.1. The average Bonchev–Trinajstić information content (AvgIpc) is 2.68. The van der Waals surface area contributed by atoms with Crippen LogP contribution in [0.5, 0.6) is 0 Å². The number of benzene rings is 1. The molecular weight excluding hydrogens is 263 g/mol. The number of halogens is 2. The third kappa shape index (κ3) is 3.76. The fourth-order valence-corrected chi connectivity index (χ4v) is 2.14. The molecule has 0 saturated carbocycles. The summed E-state index contributed by atoms with van der Waals surface area (Å²) >= 11 is 1.68. The highest BCUT2D eigenvalue weighted by Crippen LogP contribution is 2.23. The summed E-state index contributed by atoms with van der Waals surface area (Å²) in [5, 5.41) is 3.16. The summed E-state index contributed by atoms with van der Waals surface area (Å²) in [6, 6.07) is 10.2. The molecule has 0 spiro atoms. The van der Waals surface area contributed by atoms with Gasteiger partial charge in [0, 0.05) is 17.4 Å². The van der Waals surface area contributed by atoms with Crippen molar-refractivity contribution in [2.45, 2.75) is 6.42 Å². The molecule has 1 heterocycles. The molecule has 0 aliphatic carbocycles. The summed E-state index contributed by atoms with van der Waals surface area (Å²) in [4.78, 5) is 4.51. The summed E-state index contributed by atoms with van der Waals surface area (Å²) in [6.45, 7) is 0.665. The van der Waals surface area contributed by atoms with E-state index in [-0.39, 0.29) is 24.8 Å². The van der Waals surface area contributed by atoms with Crippen molar-refractivity contribution in [2.24, 2.45) is 5.73 Å². The Balaban J connectivity index is 0.00000112. The van der Waals surface area contributed by atoms with Gasteiger partial charge in [-0.15, -0.1) is 36.2 Å². The van der Waals surface area contributed by atoms with Crippen molar-refractivity contribution in [3.05, 3.63) is 41.4 Å². The summed E-state index contributed by atoms with van der Waals surface area (Å²) in [6.07, 6.45) is 0.864. The van der Waals surface area contributed by atoms with E-state index >= 15 is 0 Å². The number of nitrogens with zero attached hydrogens (tertiary/aromatic N) is 1. The Morgan fingerprint density at radius 1 is 1.12 bits per heavy atom. The fraction of sp³-hybridized carbons (Fsp3) is 0.182. The van der Waals surface area contributed by atoms with Gasteiger partial charge in [-0.1, -0.05) is 30.3 Å². The standard InChI is InChI=1S/C11H12N2S.2ClH/c12-7-6-10-8-14-11(13-10)9-4-2-1-3-5-9;;/h1-5,8H,6-7,12H2;2*1H. The van der Waals surface area contributed by atoms with Crippen molar-refractivity contribution in [1.82, 2.24) is 4.98 Å². The van der Waals surface area contributed by atoms with Crippen LogP contribution in [0, 0.1) is 0 Å². The predicted octanol–water partition coefficient (Wildman–Crippen LogP) is 3.15. The first-order chi connectivity index (χ1) is 6.90. The normalized spacial score (nSPS) is 9.06. The topological polar surface area (TPSA) is 38.9 Å². The van der Waals surface area contributed by atoms with E-state index in [9.17, 15) is 0 Å². The molecule has 0 aliphatic rings.